The molecule has 0 bridgehead atoms. The van der Waals surface area contributed by atoms with Gasteiger partial charge < -0.3 is 14.0 Å². The van der Waals surface area contributed by atoms with Crippen molar-refractivity contribution in [2.75, 3.05) is 19.7 Å². The first-order chi connectivity index (χ1) is 15.2. The number of amides is 1. The Kier molecular flexibility index (Phi) is 5.22. The summed E-state index contributed by atoms with van der Waals surface area (Å²) in [5, 5.41) is 0. The lowest BCUT2D eigenvalue weighted by Crippen LogP contribution is -2.46. The van der Waals surface area contributed by atoms with Gasteiger partial charge in [0.1, 0.15) is 5.65 Å². The summed E-state index contributed by atoms with van der Waals surface area (Å²) in [6, 6.07) is 16.6. The maximum absolute atomic E-state index is 12.8. The van der Waals surface area contributed by atoms with Crippen LogP contribution < -0.4 is 0 Å². The molecule has 2 aliphatic rings. The van der Waals surface area contributed by atoms with Crippen molar-refractivity contribution in [1.29, 1.82) is 0 Å². The highest BCUT2D eigenvalue weighted by atomic mass is 16.5. The van der Waals surface area contributed by atoms with Gasteiger partial charge in [-0.25, -0.2) is 4.98 Å². The minimum atomic E-state index is -0.209. The number of piperidine rings is 1. The molecule has 0 saturated carbocycles. The average molecular weight is 418 g/mol. The lowest BCUT2D eigenvalue weighted by atomic mass is 9.70. The molecule has 6 nitrogen and oxygen atoms in total. The number of cyclic esters (lactones) is 1. The molecule has 0 aliphatic carbocycles. The van der Waals surface area contributed by atoms with Gasteiger partial charge in [-0.1, -0.05) is 36.4 Å². The predicted molar refractivity (Wildman–Crippen MR) is 117 cm³/mol. The van der Waals surface area contributed by atoms with Crippen molar-refractivity contribution in [2.45, 2.75) is 37.5 Å². The van der Waals surface area contributed by atoms with E-state index in [4.69, 9.17) is 9.72 Å². The number of hydrogen-bond donors (Lipinski definition) is 0. The van der Waals surface area contributed by atoms with E-state index in [0.717, 1.165) is 30.6 Å². The van der Waals surface area contributed by atoms with Gasteiger partial charge >= 0.3 is 5.97 Å². The van der Waals surface area contributed by atoms with Gasteiger partial charge in [0, 0.05) is 37.3 Å². The molecule has 1 amide bonds. The Labute approximate surface area is 181 Å². The fourth-order valence-electron chi connectivity index (χ4n) is 5.01. The van der Waals surface area contributed by atoms with Crippen LogP contribution in [-0.2, 0) is 19.7 Å². The van der Waals surface area contributed by atoms with E-state index in [2.05, 4.69) is 34.9 Å². The molecule has 2 aromatic heterocycles. The summed E-state index contributed by atoms with van der Waals surface area (Å²) < 4.78 is 7.09. The van der Waals surface area contributed by atoms with Gasteiger partial charge in [-0.05, 0) is 43.4 Å². The molecule has 4 heterocycles. The summed E-state index contributed by atoms with van der Waals surface area (Å²) in [7, 11) is 0. The monoisotopic (exact) mass is 417 g/mol. The van der Waals surface area contributed by atoms with E-state index in [0.29, 0.717) is 32.5 Å². The Morgan fingerprint density at radius 1 is 1.10 bits per heavy atom. The summed E-state index contributed by atoms with van der Waals surface area (Å²) in [5.41, 5.74) is 3.04. The number of benzene rings is 1. The van der Waals surface area contributed by atoms with E-state index in [1.807, 2.05) is 35.4 Å². The number of hydrogen-bond acceptors (Lipinski definition) is 4. The summed E-state index contributed by atoms with van der Waals surface area (Å²) in [6.45, 7) is 1.87. The van der Waals surface area contributed by atoms with Gasteiger partial charge in [-0.3, -0.25) is 9.59 Å². The number of carbonyl (C=O) groups excluding carboxylic acids is 2. The van der Waals surface area contributed by atoms with E-state index in [1.54, 1.807) is 0 Å². The molecule has 1 unspecified atom stereocenters. The van der Waals surface area contributed by atoms with E-state index in [9.17, 15) is 9.59 Å². The Morgan fingerprint density at radius 2 is 1.87 bits per heavy atom. The lowest BCUT2D eigenvalue weighted by Gasteiger charge is -2.41. The van der Waals surface area contributed by atoms with E-state index < -0.39 is 0 Å². The fourth-order valence-corrected chi connectivity index (χ4v) is 5.01. The second-order valence-corrected chi connectivity index (χ2v) is 8.61. The SMILES string of the molecule is O=C1OCCC1CCC(=O)N1CCC(c2ccccc2)(c2cn3ccccc3n2)CC1. The Hall–Kier alpha value is -3.15. The molecule has 31 heavy (non-hydrogen) atoms. The molecule has 2 aliphatic heterocycles. The van der Waals surface area contributed by atoms with Gasteiger partial charge in [0.25, 0.3) is 0 Å². The molecule has 2 saturated heterocycles. The molecular weight excluding hydrogens is 390 g/mol. The number of ether oxygens (including phenoxy) is 1. The molecule has 6 heteroatoms. The van der Waals surface area contributed by atoms with Crippen LogP contribution in [0.15, 0.2) is 60.9 Å². The van der Waals surface area contributed by atoms with Crippen molar-refractivity contribution in [1.82, 2.24) is 14.3 Å². The molecule has 0 spiro atoms. The minimum absolute atomic E-state index is 0.116. The van der Waals surface area contributed by atoms with Gasteiger partial charge in [0.05, 0.1) is 18.2 Å². The first-order valence-electron chi connectivity index (χ1n) is 11.1. The van der Waals surface area contributed by atoms with Crippen molar-refractivity contribution >= 4 is 17.5 Å². The molecule has 3 aromatic rings. The van der Waals surface area contributed by atoms with E-state index in [-0.39, 0.29) is 23.2 Å². The standard InChI is InChI=1S/C25H27N3O3/c29-23(10-9-19-11-17-31-24(19)30)27-15-12-25(13-16-27,20-6-2-1-3-7-20)21-18-28-14-5-4-8-22(28)26-21/h1-8,14,18-19H,9-13,15-17H2. The molecule has 0 N–H and O–H groups in total. The fraction of sp³-hybridized carbons (Fsp3) is 0.400. The van der Waals surface area contributed by atoms with Gasteiger partial charge in [0.15, 0.2) is 0 Å². The van der Waals surface area contributed by atoms with Crippen LogP contribution >= 0.6 is 0 Å². The molecule has 1 atom stereocenters. The number of carbonyl (C=O) groups is 2. The van der Waals surface area contributed by atoms with E-state index in [1.165, 1.54) is 5.56 Å². The number of likely N-dealkylation sites (tertiary alicyclic amines) is 1. The predicted octanol–water partition coefficient (Wildman–Crippen LogP) is 3.59. The maximum atomic E-state index is 12.8. The zero-order valence-corrected chi connectivity index (χ0v) is 17.6. The van der Waals surface area contributed by atoms with Crippen molar-refractivity contribution < 1.29 is 14.3 Å². The molecule has 5 rings (SSSR count). The summed E-state index contributed by atoms with van der Waals surface area (Å²) in [6.07, 6.45) is 7.55. The first-order valence-corrected chi connectivity index (χ1v) is 11.1. The smallest absolute Gasteiger partial charge is 0.309 e. The van der Waals surface area contributed by atoms with Crippen molar-refractivity contribution in [3.63, 3.8) is 0 Å². The van der Waals surface area contributed by atoms with E-state index >= 15 is 0 Å². The Bertz CT molecular complexity index is 1050. The molecule has 0 radical (unpaired) electrons. The van der Waals surface area contributed by atoms with Crippen LogP contribution in [0.1, 0.15) is 43.4 Å². The molecular formula is C25H27N3O3. The number of esters is 1. The molecule has 2 fully saturated rings. The normalized spacial score (nSPS) is 20.7. The number of pyridine rings is 1. The number of rotatable bonds is 5. The van der Waals surface area contributed by atoms with Crippen LogP contribution in [0.2, 0.25) is 0 Å². The van der Waals surface area contributed by atoms with Crippen LogP contribution in [0, 0.1) is 5.92 Å². The van der Waals surface area contributed by atoms with Crippen LogP contribution in [0.5, 0.6) is 0 Å². The molecule has 1 aromatic carbocycles. The van der Waals surface area contributed by atoms with Gasteiger partial charge in [-0.15, -0.1) is 0 Å². The number of fused-ring (bicyclic) bond motifs is 1. The zero-order valence-electron chi connectivity index (χ0n) is 17.6. The second kappa shape index (κ2) is 8.17. The van der Waals surface area contributed by atoms with Crippen LogP contribution in [-0.4, -0.2) is 45.9 Å². The maximum Gasteiger partial charge on any atom is 0.309 e. The number of imidazole rings is 1. The average Bonchev–Trinajstić information content (AvgIpc) is 3.44. The third-order valence-corrected chi connectivity index (χ3v) is 6.90. The first kappa shape index (κ1) is 19.8. The third-order valence-electron chi connectivity index (χ3n) is 6.90. The van der Waals surface area contributed by atoms with Crippen LogP contribution in [0.25, 0.3) is 5.65 Å². The zero-order chi connectivity index (χ0) is 21.3. The Morgan fingerprint density at radius 3 is 2.58 bits per heavy atom. The third kappa shape index (κ3) is 3.71. The number of aromatic nitrogens is 2. The van der Waals surface area contributed by atoms with Gasteiger partial charge in [0.2, 0.25) is 5.91 Å². The minimum Gasteiger partial charge on any atom is -0.465 e. The van der Waals surface area contributed by atoms with Crippen LogP contribution in [0.4, 0.5) is 0 Å². The van der Waals surface area contributed by atoms with Gasteiger partial charge in [-0.2, -0.15) is 0 Å². The summed E-state index contributed by atoms with van der Waals surface area (Å²) in [4.78, 5) is 31.4. The number of nitrogens with zero attached hydrogens (tertiary/aromatic N) is 3. The second-order valence-electron chi connectivity index (χ2n) is 8.61. The largest absolute Gasteiger partial charge is 0.465 e. The lowest BCUT2D eigenvalue weighted by molar-refractivity contribution is -0.141. The quantitative estimate of drug-likeness (QED) is 0.595. The topological polar surface area (TPSA) is 63.9 Å². The summed E-state index contributed by atoms with van der Waals surface area (Å²) >= 11 is 0. The highest BCUT2D eigenvalue weighted by Crippen LogP contribution is 2.41. The van der Waals surface area contributed by atoms with Crippen molar-refractivity contribution in [3.05, 3.63) is 72.2 Å². The van der Waals surface area contributed by atoms with Crippen molar-refractivity contribution in [2.24, 2.45) is 5.92 Å². The Balaban J connectivity index is 1.35. The molecule has 160 valence electrons. The summed E-state index contributed by atoms with van der Waals surface area (Å²) in [5.74, 6) is -0.132. The van der Waals surface area contributed by atoms with Crippen molar-refractivity contribution in [3.8, 4) is 0 Å². The highest BCUT2D eigenvalue weighted by Gasteiger charge is 2.41. The van der Waals surface area contributed by atoms with Crippen LogP contribution in [0.3, 0.4) is 0 Å². The highest BCUT2D eigenvalue weighted by molar-refractivity contribution is 5.78.